The summed E-state index contributed by atoms with van der Waals surface area (Å²) in [6, 6.07) is 20.4. The lowest BCUT2D eigenvalue weighted by Crippen LogP contribution is -2.24. The van der Waals surface area contributed by atoms with E-state index in [4.69, 9.17) is 0 Å². The Morgan fingerprint density at radius 3 is 1.50 bits per heavy atom. The molecule has 0 aliphatic heterocycles. The smallest absolute Gasteiger partial charge is 0.251 e. The minimum atomic E-state index is -0.314. The molecule has 4 nitrogen and oxygen atoms in total. The molecular weight excluding hydrogens is 355 g/mol. The maximum atomic E-state index is 12.9. The number of nitrogens with one attached hydrogen (secondary N) is 2. The zero-order valence-electron chi connectivity index (χ0n) is 15.5. The van der Waals surface area contributed by atoms with E-state index in [0.717, 1.165) is 11.1 Å². The SMILES string of the molecule is Cc1ccc(CNC(=O)c2ccc(C(=O)NCc3ccc(F)cc3)cc2)cc1. The minimum Gasteiger partial charge on any atom is -0.348 e. The van der Waals surface area contributed by atoms with Gasteiger partial charge in [-0.3, -0.25) is 9.59 Å². The van der Waals surface area contributed by atoms with E-state index < -0.39 is 0 Å². The molecule has 142 valence electrons. The Hall–Kier alpha value is -3.47. The molecule has 0 aliphatic carbocycles. The second-order valence-electron chi connectivity index (χ2n) is 6.55. The third kappa shape index (κ3) is 5.27. The molecule has 0 aliphatic rings. The largest absolute Gasteiger partial charge is 0.348 e. The van der Waals surface area contributed by atoms with Crippen LogP contribution in [0.15, 0.2) is 72.8 Å². The van der Waals surface area contributed by atoms with Gasteiger partial charge in [-0.2, -0.15) is 0 Å². The van der Waals surface area contributed by atoms with Gasteiger partial charge in [0, 0.05) is 24.2 Å². The van der Waals surface area contributed by atoms with E-state index in [1.807, 2.05) is 31.2 Å². The van der Waals surface area contributed by atoms with Gasteiger partial charge in [0.15, 0.2) is 0 Å². The highest BCUT2D eigenvalue weighted by Crippen LogP contribution is 2.08. The van der Waals surface area contributed by atoms with E-state index in [-0.39, 0.29) is 17.6 Å². The summed E-state index contributed by atoms with van der Waals surface area (Å²) in [5.74, 6) is -0.763. The molecule has 0 heterocycles. The van der Waals surface area contributed by atoms with E-state index in [0.29, 0.717) is 24.2 Å². The summed E-state index contributed by atoms with van der Waals surface area (Å²) in [7, 11) is 0. The Kier molecular flexibility index (Phi) is 6.17. The monoisotopic (exact) mass is 376 g/mol. The molecule has 0 atom stereocenters. The molecule has 3 aromatic carbocycles. The van der Waals surface area contributed by atoms with Crippen LogP contribution in [-0.4, -0.2) is 11.8 Å². The molecule has 2 amide bonds. The molecule has 0 fully saturated rings. The molecule has 0 bridgehead atoms. The Labute approximate surface area is 163 Å². The van der Waals surface area contributed by atoms with Crippen LogP contribution < -0.4 is 10.6 Å². The number of aryl methyl sites for hydroxylation is 1. The molecule has 0 saturated heterocycles. The summed E-state index contributed by atoms with van der Waals surface area (Å²) in [6.45, 7) is 2.76. The average Bonchev–Trinajstić information content (AvgIpc) is 2.72. The molecule has 0 spiro atoms. The van der Waals surface area contributed by atoms with Crippen LogP contribution in [-0.2, 0) is 13.1 Å². The van der Waals surface area contributed by atoms with Gasteiger partial charge in [0.05, 0.1) is 0 Å². The van der Waals surface area contributed by atoms with Crippen molar-refractivity contribution >= 4 is 11.8 Å². The fourth-order valence-electron chi connectivity index (χ4n) is 2.65. The molecule has 0 aromatic heterocycles. The lowest BCUT2D eigenvalue weighted by atomic mass is 10.1. The molecule has 0 unspecified atom stereocenters. The molecule has 0 radical (unpaired) electrons. The van der Waals surface area contributed by atoms with Crippen molar-refractivity contribution in [3.63, 3.8) is 0 Å². The number of carbonyl (C=O) groups is 2. The van der Waals surface area contributed by atoms with Gasteiger partial charge in [0.25, 0.3) is 11.8 Å². The second kappa shape index (κ2) is 8.95. The number of benzene rings is 3. The lowest BCUT2D eigenvalue weighted by Gasteiger charge is -2.08. The van der Waals surface area contributed by atoms with Crippen LogP contribution in [0.25, 0.3) is 0 Å². The molecular formula is C23H21FN2O2. The Bertz CT molecular complexity index is 869. The predicted molar refractivity (Wildman–Crippen MR) is 106 cm³/mol. The highest BCUT2D eigenvalue weighted by molar-refractivity contribution is 5.97. The lowest BCUT2D eigenvalue weighted by molar-refractivity contribution is 0.0939. The summed E-state index contributed by atoms with van der Waals surface area (Å²) in [5.41, 5.74) is 3.94. The summed E-state index contributed by atoms with van der Waals surface area (Å²) >= 11 is 0. The van der Waals surface area contributed by atoms with Gasteiger partial charge in [-0.1, -0.05) is 42.0 Å². The quantitative estimate of drug-likeness (QED) is 0.683. The number of hydrogen-bond acceptors (Lipinski definition) is 2. The first kappa shape index (κ1) is 19.3. The minimum absolute atomic E-state index is 0.196. The fourth-order valence-corrected chi connectivity index (χ4v) is 2.65. The van der Waals surface area contributed by atoms with E-state index in [2.05, 4.69) is 10.6 Å². The van der Waals surface area contributed by atoms with Crippen molar-refractivity contribution in [1.82, 2.24) is 10.6 Å². The molecule has 3 rings (SSSR count). The van der Waals surface area contributed by atoms with Crippen molar-refractivity contribution < 1.29 is 14.0 Å². The number of carbonyl (C=O) groups excluding carboxylic acids is 2. The van der Waals surface area contributed by atoms with Crippen molar-refractivity contribution in [2.75, 3.05) is 0 Å². The van der Waals surface area contributed by atoms with Crippen LogP contribution in [0, 0.1) is 12.7 Å². The van der Waals surface area contributed by atoms with Gasteiger partial charge in [0.2, 0.25) is 0 Å². The Morgan fingerprint density at radius 2 is 1.07 bits per heavy atom. The Balaban J connectivity index is 1.53. The van der Waals surface area contributed by atoms with E-state index in [9.17, 15) is 14.0 Å². The fraction of sp³-hybridized carbons (Fsp3) is 0.130. The number of hydrogen-bond donors (Lipinski definition) is 2. The third-order valence-electron chi connectivity index (χ3n) is 4.35. The van der Waals surface area contributed by atoms with E-state index in [1.165, 1.54) is 17.7 Å². The average molecular weight is 376 g/mol. The zero-order valence-corrected chi connectivity index (χ0v) is 15.5. The van der Waals surface area contributed by atoms with Crippen LogP contribution >= 0.6 is 0 Å². The van der Waals surface area contributed by atoms with Crippen molar-refractivity contribution in [3.05, 3.63) is 106 Å². The highest BCUT2D eigenvalue weighted by Gasteiger charge is 2.09. The number of rotatable bonds is 6. The van der Waals surface area contributed by atoms with Gasteiger partial charge in [0.1, 0.15) is 5.82 Å². The normalized spacial score (nSPS) is 10.4. The van der Waals surface area contributed by atoms with Gasteiger partial charge < -0.3 is 10.6 Å². The first-order valence-electron chi connectivity index (χ1n) is 8.98. The summed E-state index contributed by atoms with van der Waals surface area (Å²) in [6.07, 6.45) is 0. The maximum Gasteiger partial charge on any atom is 0.251 e. The van der Waals surface area contributed by atoms with Crippen LogP contribution in [0.1, 0.15) is 37.4 Å². The number of halogens is 1. The van der Waals surface area contributed by atoms with Gasteiger partial charge in [-0.15, -0.1) is 0 Å². The standard InChI is InChI=1S/C23H21FN2O2/c1-16-2-4-17(5-3-16)14-25-22(27)19-8-10-20(11-9-19)23(28)26-15-18-6-12-21(24)13-7-18/h2-13H,14-15H2,1H3,(H,25,27)(H,26,28). The molecule has 3 aromatic rings. The van der Waals surface area contributed by atoms with Gasteiger partial charge in [-0.05, 0) is 54.4 Å². The van der Waals surface area contributed by atoms with Crippen molar-refractivity contribution in [1.29, 1.82) is 0 Å². The Morgan fingerprint density at radius 1 is 0.679 bits per heavy atom. The predicted octanol–water partition coefficient (Wildman–Crippen LogP) is 3.99. The van der Waals surface area contributed by atoms with E-state index in [1.54, 1.807) is 36.4 Å². The summed E-state index contributed by atoms with van der Waals surface area (Å²) in [5, 5.41) is 5.64. The molecule has 5 heteroatoms. The second-order valence-corrected chi connectivity index (χ2v) is 6.55. The zero-order chi connectivity index (χ0) is 19.9. The van der Waals surface area contributed by atoms with E-state index >= 15 is 0 Å². The van der Waals surface area contributed by atoms with Crippen molar-refractivity contribution in [2.45, 2.75) is 20.0 Å². The maximum absolute atomic E-state index is 12.9. The molecule has 2 N–H and O–H groups in total. The van der Waals surface area contributed by atoms with Gasteiger partial charge in [-0.25, -0.2) is 4.39 Å². The summed E-state index contributed by atoms with van der Waals surface area (Å²) in [4.78, 5) is 24.5. The molecule has 0 saturated carbocycles. The topological polar surface area (TPSA) is 58.2 Å². The first-order chi connectivity index (χ1) is 13.5. The third-order valence-corrected chi connectivity index (χ3v) is 4.35. The van der Waals surface area contributed by atoms with Crippen molar-refractivity contribution in [2.24, 2.45) is 0 Å². The molecule has 28 heavy (non-hydrogen) atoms. The van der Waals surface area contributed by atoms with Crippen LogP contribution in [0.3, 0.4) is 0 Å². The highest BCUT2D eigenvalue weighted by atomic mass is 19.1. The van der Waals surface area contributed by atoms with Crippen molar-refractivity contribution in [3.8, 4) is 0 Å². The van der Waals surface area contributed by atoms with Gasteiger partial charge >= 0.3 is 0 Å². The van der Waals surface area contributed by atoms with Crippen LogP contribution in [0.2, 0.25) is 0 Å². The number of amides is 2. The van der Waals surface area contributed by atoms with Crippen LogP contribution in [0.4, 0.5) is 4.39 Å². The van der Waals surface area contributed by atoms with Crippen LogP contribution in [0.5, 0.6) is 0 Å². The first-order valence-corrected chi connectivity index (χ1v) is 8.98. The summed E-state index contributed by atoms with van der Waals surface area (Å²) < 4.78 is 12.9.